The number of rotatable bonds is 3. The zero-order chi connectivity index (χ0) is 19.8. The van der Waals surface area contributed by atoms with Crippen LogP contribution in [0.5, 0.6) is 0 Å². The summed E-state index contributed by atoms with van der Waals surface area (Å²) in [7, 11) is 0. The molecule has 1 saturated heterocycles. The maximum Gasteiger partial charge on any atom is 0.261 e. The molecule has 0 saturated carbocycles. The van der Waals surface area contributed by atoms with Crippen molar-refractivity contribution in [1.29, 1.82) is 0 Å². The van der Waals surface area contributed by atoms with E-state index in [-0.39, 0.29) is 18.0 Å². The van der Waals surface area contributed by atoms with Crippen molar-refractivity contribution in [2.24, 2.45) is 0 Å². The average molecular weight is 394 g/mol. The number of nitrogens with zero attached hydrogens (tertiary/aromatic N) is 4. The van der Waals surface area contributed by atoms with E-state index in [1.54, 1.807) is 23.1 Å². The lowest BCUT2D eigenvalue weighted by atomic mass is 10.0. The first-order chi connectivity index (χ1) is 14.2. The minimum absolute atomic E-state index is 0.0311. The highest BCUT2D eigenvalue weighted by Gasteiger charge is 2.28. The van der Waals surface area contributed by atoms with E-state index in [1.807, 2.05) is 6.07 Å². The number of carbonyl (C=O) groups is 1. The first-order valence-electron chi connectivity index (χ1n) is 9.97. The normalized spacial score (nSPS) is 17.4. The van der Waals surface area contributed by atoms with E-state index in [2.05, 4.69) is 9.97 Å². The lowest BCUT2D eigenvalue weighted by Gasteiger charge is -2.25. The minimum atomic E-state index is -0.204. The molecular weight excluding hydrogens is 372 g/mol. The van der Waals surface area contributed by atoms with E-state index in [9.17, 15) is 9.59 Å². The molecule has 0 atom stereocenters. The number of carbonyl (C=O) groups excluding carboxylic acids is 1. The molecule has 1 amide bonds. The highest BCUT2D eigenvalue weighted by atomic mass is 16.5. The second-order valence-corrected chi connectivity index (χ2v) is 7.57. The zero-order valence-electron chi connectivity index (χ0n) is 16.0. The molecule has 150 valence electrons. The third-order valence-electron chi connectivity index (χ3n) is 5.70. The third-order valence-corrected chi connectivity index (χ3v) is 5.70. The molecule has 0 unspecified atom stereocenters. The second-order valence-electron chi connectivity index (χ2n) is 7.57. The Labute approximate surface area is 167 Å². The van der Waals surface area contributed by atoms with E-state index in [4.69, 9.17) is 9.15 Å². The van der Waals surface area contributed by atoms with E-state index < -0.39 is 0 Å². The molecule has 2 aliphatic rings. The van der Waals surface area contributed by atoms with Gasteiger partial charge in [-0.15, -0.1) is 0 Å². The fourth-order valence-electron chi connectivity index (χ4n) is 4.02. The van der Waals surface area contributed by atoms with Crippen molar-refractivity contribution in [2.75, 3.05) is 19.8 Å². The summed E-state index contributed by atoms with van der Waals surface area (Å²) in [5.41, 5.74) is 1.26. The van der Waals surface area contributed by atoms with Crippen LogP contribution in [0.1, 0.15) is 36.1 Å². The summed E-state index contributed by atoms with van der Waals surface area (Å²) >= 11 is 0. The van der Waals surface area contributed by atoms with Gasteiger partial charge in [-0.25, -0.2) is 9.97 Å². The molecule has 2 aromatic heterocycles. The van der Waals surface area contributed by atoms with Crippen molar-refractivity contribution in [3.05, 3.63) is 58.3 Å². The quantitative estimate of drug-likeness (QED) is 0.674. The van der Waals surface area contributed by atoms with Crippen LogP contribution in [0.2, 0.25) is 0 Å². The van der Waals surface area contributed by atoms with Gasteiger partial charge < -0.3 is 14.1 Å². The highest BCUT2D eigenvalue weighted by Crippen LogP contribution is 2.30. The van der Waals surface area contributed by atoms with E-state index in [0.717, 1.165) is 43.4 Å². The topological polar surface area (TPSA) is 90.5 Å². The number of ether oxygens (including phenoxy) is 1. The maximum absolute atomic E-state index is 12.8. The van der Waals surface area contributed by atoms with Gasteiger partial charge in [-0.05, 0) is 25.0 Å². The smallest absolute Gasteiger partial charge is 0.261 e. The van der Waals surface area contributed by atoms with Gasteiger partial charge in [0.1, 0.15) is 18.0 Å². The van der Waals surface area contributed by atoms with Crippen LogP contribution < -0.4 is 5.56 Å². The maximum atomic E-state index is 12.8. The summed E-state index contributed by atoms with van der Waals surface area (Å²) in [6.45, 7) is 2.41. The fourth-order valence-corrected chi connectivity index (χ4v) is 4.02. The number of para-hydroxylation sites is 1. The monoisotopic (exact) mass is 394 g/mol. The Balaban J connectivity index is 1.31. The van der Waals surface area contributed by atoms with Gasteiger partial charge >= 0.3 is 0 Å². The average Bonchev–Trinajstić information content (AvgIpc) is 3.20. The van der Waals surface area contributed by atoms with Gasteiger partial charge in [0.2, 0.25) is 5.91 Å². The zero-order valence-corrected chi connectivity index (χ0v) is 16.0. The molecule has 8 nitrogen and oxygen atoms in total. The van der Waals surface area contributed by atoms with Gasteiger partial charge in [-0.2, -0.15) is 0 Å². The molecule has 1 fully saturated rings. The van der Waals surface area contributed by atoms with Gasteiger partial charge in [0.25, 0.3) is 5.56 Å². The second kappa shape index (κ2) is 7.44. The molecule has 0 bridgehead atoms. The van der Waals surface area contributed by atoms with Gasteiger partial charge in [0.05, 0.1) is 23.8 Å². The fraction of sp³-hybridized carbons (Fsp3) is 0.429. The Morgan fingerprint density at radius 3 is 2.90 bits per heavy atom. The summed E-state index contributed by atoms with van der Waals surface area (Å²) in [6, 6.07) is 7.15. The van der Waals surface area contributed by atoms with Crippen LogP contribution in [0.15, 0.2) is 39.8 Å². The van der Waals surface area contributed by atoms with Crippen molar-refractivity contribution >= 4 is 16.8 Å². The first-order valence-corrected chi connectivity index (χ1v) is 9.97. The molecule has 5 rings (SSSR count). The highest BCUT2D eigenvalue weighted by molar-refractivity contribution is 5.79. The van der Waals surface area contributed by atoms with E-state index >= 15 is 0 Å². The Morgan fingerprint density at radius 1 is 1.21 bits per heavy atom. The Morgan fingerprint density at radius 2 is 2.03 bits per heavy atom. The SMILES string of the molecule is O=C(Cn1cnc2ccccc2c1=O)N1CCc2oc(C3CCOCC3)nc2C1. The van der Waals surface area contributed by atoms with E-state index in [0.29, 0.717) is 36.3 Å². The lowest BCUT2D eigenvalue weighted by molar-refractivity contribution is -0.132. The Kier molecular flexibility index (Phi) is 4.63. The molecule has 3 aromatic rings. The van der Waals surface area contributed by atoms with Crippen LogP contribution in [-0.4, -0.2) is 45.1 Å². The molecule has 1 aromatic carbocycles. The molecule has 0 aliphatic carbocycles. The van der Waals surface area contributed by atoms with Crippen LogP contribution in [-0.2, 0) is 29.0 Å². The number of hydrogen-bond acceptors (Lipinski definition) is 6. The molecule has 0 N–H and O–H groups in total. The third kappa shape index (κ3) is 3.44. The van der Waals surface area contributed by atoms with Crippen LogP contribution in [0, 0.1) is 0 Å². The number of hydrogen-bond donors (Lipinski definition) is 0. The summed E-state index contributed by atoms with van der Waals surface area (Å²) in [5, 5.41) is 0.515. The molecule has 0 spiro atoms. The van der Waals surface area contributed by atoms with E-state index in [1.165, 1.54) is 10.9 Å². The van der Waals surface area contributed by atoms with Crippen molar-refractivity contribution in [1.82, 2.24) is 19.4 Å². The summed E-state index contributed by atoms with van der Waals surface area (Å²) in [5.74, 6) is 1.81. The van der Waals surface area contributed by atoms with Gasteiger partial charge in [0.15, 0.2) is 5.89 Å². The van der Waals surface area contributed by atoms with Gasteiger partial charge in [0, 0.05) is 32.1 Å². The van der Waals surface area contributed by atoms with Gasteiger partial charge in [-0.3, -0.25) is 14.2 Å². The molecule has 4 heterocycles. The Hall–Kier alpha value is -3.00. The van der Waals surface area contributed by atoms with Crippen LogP contribution in [0.3, 0.4) is 0 Å². The predicted molar refractivity (Wildman–Crippen MR) is 104 cm³/mol. The van der Waals surface area contributed by atoms with Crippen molar-refractivity contribution in [3.63, 3.8) is 0 Å². The summed E-state index contributed by atoms with van der Waals surface area (Å²) in [4.78, 5) is 36.2. The van der Waals surface area contributed by atoms with Crippen LogP contribution in [0.4, 0.5) is 0 Å². The lowest BCUT2D eigenvalue weighted by Crippen LogP contribution is -2.39. The van der Waals surface area contributed by atoms with Gasteiger partial charge in [-0.1, -0.05) is 12.1 Å². The first kappa shape index (κ1) is 18.1. The Bertz CT molecular complexity index is 1110. The minimum Gasteiger partial charge on any atom is -0.445 e. The van der Waals surface area contributed by atoms with Crippen LogP contribution in [0.25, 0.3) is 10.9 Å². The number of benzene rings is 1. The molecule has 8 heteroatoms. The molecular formula is C21H22N4O4. The predicted octanol–water partition coefficient (Wildman–Crippen LogP) is 1.86. The number of oxazole rings is 1. The molecule has 0 radical (unpaired) electrons. The van der Waals surface area contributed by atoms with Crippen molar-refractivity contribution < 1.29 is 13.9 Å². The van der Waals surface area contributed by atoms with Crippen molar-refractivity contribution in [3.8, 4) is 0 Å². The molecule has 2 aliphatic heterocycles. The number of fused-ring (bicyclic) bond motifs is 2. The largest absolute Gasteiger partial charge is 0.445 e. The molecule has 29 heavy (non-hydrogen) atoms. The summed E-state index contributed by atoms with van der Waals surface area (Å²) < 4.78 is 12.8. The summed E-state index contributed by atoms with van der Waals surface area (Å²) in [6.07, 6.45) is 3.92. The van der Waals surface area contributed by atoms with Crippen LogP contribution >= 0.6 is 0 Å². The number of amides is 1. The van der Waals surface area contributed by atoms with Crippen molar-refractivity contribution in [2.45, 2.75) is 38.3 Å². The number of aromatic nitrogens is 3. The standard InChI is InChI=1S/C21H22N4O4/c26-19(12-25-13-22-16-4-2-1-3-15(16)21(25)27)24-8-5-18-17(11-24)23-20(29-18)14-6-9-28-10-7-14/h1-4,13-14H,5-12H2.